The second-order valence-electron chi connectivity index (χ2n) is 2.30. The maximum Gasteiger partial charge on any atom is 0.262 e. The molecule has 0 saturated heterocycles. The SMILES string of the molecule is Cc1nc2snc(Br)c2c(=O)[nH]1. The number of nitrogens with one attached hydrogen (secondary N) is 1. The lowest BCUT2D eigenvalue weighted by molar-refractivity contribution is 1.06. The largest absolute Gasteiger partial charge is 0.310 e. The van der Waals surface area contributed by atoms with Gasteiger partial charge in [0.05, 0.1) is 0 Å². The molecule has 0 spiro atoms. The van der Waals surface area contributed by atoms with Crippen LogP contribution in [-0.2, 0) is 0 Å². The van der Waals surface area contributed by atoms with Gasteiger partial charge in [-0.1, -0.05) is 0 Å². The Balaban J connectivity index is 3.03. The quantitative estimate of drug-likeness (QED) is 0.765. The Kier molecular flexibility index (Phi) is 1.73. The lowest BCUT2D eigenvalue weighted by Crippen LogP contribution is -2.08. The Bertz CT molecular complexity index is 489. The van der Waals surface area contributed by atoms with E-state index in [9.17, 15) is 4.79 Å². The van der Waals surface area contributed by atoms with Crippen molar-refractivity contribution in [2.45, 2.75) is 6.92 Å². The van der Waals surface area contributed by atoms with Gasteiger partial charge >= 0.3 is 0 Å². The smallest absolute Gasteiger partial charge is 0.262 e. The number of aryl methyl sites for hydroxylation is 1. The van der Waals surface area contributed by atoms with E-state index in [2.05, 4.69) is 30.3 Å². The first kappa shape index (κ1) is 7.88. The zero-order valence-corrected chi connectivity index (χ0v) is 8.49. The van der Waals surface area contributed by atoms with E-state index in [1.807, 2.05) is 0 Å². The van der Waals surface area contributed by atoms with E-state index in [0.29, 0.717) is 20.6 Å². The molecule has 0 amide bonds. The summed E-state index contributed by atoms with van der Waals surface area (Å²) in [5, 5.41) is 0.533. The topological polar surface area (TPSA) is 58.6 Å². The van der Waals surface area contributed by atoms with E-state index in [1.165, 1.54) is 11.5 Å². The Morgan fingerprint density at radius 2 is 2.33 bits per heavy atom. The predicted octanol–water partition coefficient (Wildman–Crippen LogP) is 1.45. The summed E-state index contributed by atoms with van der Waals surface area (Å²) in [5.74, 6) is 0.614. The van der Waals surface area contributed by atoms with Gasteiger partial charge in [0.2, 0.25) is 0 Å². The second-order valence-corrected chi connectivity index (χ2v) is 3.81. The first-order chi connectivity index (χ1) is 5.68. The predicted molar refractivity (Wildman–Crippen MR) is 50.5 cm³/mol. The molecule has 0 saturated carbocycles. The van der Waals surface area contributed by atoms with E-state index in [1.54, 1.807) is 6.92 Å². The summed E-state index contributed by atoms with van der Waals surface area (Å²) in [6, 6.07) is 0. The summed E-state index contributed by atoms with van der Waals surface area (Å²) >= 11 is 4.40. The van der Waals surface area contributed by atoms with Gasteiger partial charge in [0, 0.05) is 0 Å². The van der Waals surface area contributed by atoms with Crippen LogP contribution < -0.4 is 5.56 Å². The van der Waals surface area contributed by atoms with Crippen molar-refractivity contribution in [3.63, 3.8) is 0 Å². The molecule has 0 aliphatic rings. The van der Waals surface area contributed by atoms with Crippen LogP contribution in [-0.4, -0.2) is 14.3 Å². The molecule has 0 unspecified atom stereocenters. The van der Waals surface area contributed by atoms with Crippen LogP contribution in [0.15, 0.2) is 9.40 Å². The lowest BCUT2D eigenvalue weighted by Gasteiger charge is -1.90. The number of hydrogen-bond donors (Lipinski definition) is 1. The third kappa shape index (κ3) is 1.07. The molecular formula is C6H4BrN3OS. The maximum atomic E-state index is 11.3. The average Bonchev–Trinajstić information content (AvgIpc) is 2.31. The zero-order chi connectivity index (χ0) is 8.72. The van der Waals surface area contributed by atoms with Crippen molar-refractivity contribution in [3.05, 3.63) is 20.8 Å². The van der Waals surface area contributed by atoms with Crippen molar-refractivity contribution in [2.75, 3.05) is 0 Å². The van der Waals surface area contributed by atoms with Crippen molar-refractivity contribution in [1.82, 2.24) is 14.3 Å². The molecule has 2 aromatic heterocycles. The van der Waals surface area contributed by atoms with E-state index in [4.69, 9.17) is 0 Å². The van der Waals surface area contributed by atoms with Crippen molar-refractivity contribution in [2.24, 2.45) is 0 Å². The third-order valence-electron chi connectivity index (χ3n) is 1.42. The minimum absolute atomic E-state index is 0.141. The number of H-pyrrole nitrogens is 1. The monoisotopic (exact) mass is 245 g/mol. The normalized spacial score (nSPS) is 10.8. The summed E-state index contributed by atoms with van der Waals surface area (Å²) in [4.78, 5) is 18.7. The average molecular weight is 246 g/mol. The highest BCUT2D eigenvalue weighted by molar-refractivity contribution is 9.10. The van der Waals surface area contributed by atoms with Gasteiger partial charge in [0.15, 0.2) is 4.83 Å². The van der Waals surface area contributed by atoms with Crippen LogP contribution in [0.1, 0.15) is 5.82 Å². The number of hydrogen-bond acceptors (Lipinski definition) is 4. The van der Waals surface area contributed by atoms with Gasteiger partial charge in [0.25, 0.3) is 5.56 Å². The standard InChI is InChI=1S/C6H4BrN3OS/c1-2-8-5(11)3-4(7)10-12-6(3)9-2/h1H3,(H,8,9,11). The van der Waals surface area contributed by atoms with Gasteiger partial charge in [-0.05, 0) is 34.4 Å². The van der Waals surface area contributed by atoms with Crippen LogP contribution >= 0.6 is 27.5 Å². The first-order valence-corrected chi connectivity index (χ1v) is 4.77. The van der Waals surface area contributed by atoms with Crippen LogP contribution in [0.3, 0.4) is 0 Å². The summed E-state index contributed by atoms with van der Waals surface area (Å²) in [7, 11) is 0. The van der Waals surface area contributed by atoms with Gasteiger partial charge in [0.1, 0.15) is 15.8 Å². The maximum absolute atomic E-state index is 11.3. The zero-order valence-electron chi connectivity index (χ0n) is 6.09. The molecule has 62 valence electrons. The molecule has 1 N–H and O–H groups in total. The summed E-state index contributed by atoms with van der Waals surface area (Å²) < 4.78 is 4.54. The Labute approximate surface area is 79.9 Å². The molecule has 6 heteroatoms. The molecule has 0 aromatic carbocycles. The summed E-state index contributed by atoms with van der Waals surface area (Å²) in [5.41, 5.74) is -0.141. The van der Waals surface area contributed by atoms with Crippen LogP contribution in [0.25, 0.3) is 10.2 Å². The van der Waals surface area contributed by atoms with E-state index >= 15 is 0 Å². The van der Waals surface area contributed by atoms with E-state index < -0.39 is 0 Å². The molecule has 0 atom stereocenters. The van der Waals surface area contributed by atoms with Crippen molar-refractivity contribution >= 4 is 37.7 Å². The summed E-state index contributed by atoms with van der Waals surface area (Å²) in [6.07, 6.45) is 0. The molecule has 0 aliphatic carbocycles. The Hall–Kier alpha value is -0.750. The Morgan fingerprint density at radius 1 is 1.58 bits per heavy atom. The molecule has 0 fully saturated rings. The molecule has 0 aliphatic heterocycles. The molecule has 12 heavy (non-hydrogen) atoms. The number of nitrogens with zero attached hydrogens (tertiary/aromatic N) is 2. The van der Waals surface area contributed by atoms with Crippen LogP contribution in [0.4, 0.5) is 0 Å². The molecule has 0 bridgehead atoms. The lowest BCUT2D eigenvalue weighted by atomic mass is 10.4. The molecule has 2 heterocycles. The van der Waals surface area contributed by atoms with Crippen molar-refractivity contribution in [1.29, 1.82) is 0 Å². The van der Waals surface area contributed by atoms with Gasteiger partial charge in [-0.25, -0.2) is 4.98 Å². The fourth-order valence-corrected chi connectivity index (χ4v) is 2.37. The summed E-state index contributed by atoms with van der Waals surface area (Å²) in [6.45, 7) is 1.74. The van der Waals surface area contributed by atoms with Crippen LogP contribution in [0, 0.1) is 6.92 Å². The van der Waals surface area contributed by atoms with Gasteiger partial charge in [-0.2, -0.15) is 4.37 Å². The number of aromatic nitrogens is 3. The number of rotatable bonds is 0. The molecule has 2 rings (SSSR count). The number of fused-ring (bicyclic) bond motifs is 1. The van der Waals surface area contributed by atoms with Gasteiger partial charge in [-0.3, -0.25) is 4.79 Å². The highest BCUT2D eigenvalue weighted by atomic mass is 79.9. The third-order valence-corrected chi connectivity index (χ3v) is 2.97. The molecule has 2 aromatic rings. The highest BCUT2D eigenvalue weighted by Gasteiger charge is 2.08. The van der Waals surface area contributed by atoms with Crippen molar-refractivity contribution in [3.8, 4) is 0 Å². The molecular weight excluding hydrogens is 242 g/mol. The first-order valence-electron chi connectivity index (χ1n) is 3.20. The minimum atomic E-state index is -0.141. The molecule has 4 nitrogen and oxygen atoms in total. The van der Waals surface area contributed by atoms with Crippen LogP contribution in [0.5, 0.6) is 0 Å². The highest BCUT2D eigenvalue weighted by Crippen LogP contribution is 2.21. The Morgan fingerprint density at radius 3 is 3.08 bits per heavy atom. The van der Waals surface area contributed by atoms with E-state index in [-0.39, 0.29) is 5.56 Å². The fourth-order valence-electron chi connectivity index (χ4n) is 0.937. The number of aromatic amines is 1. The van der Waals surface area contributed by atoms with Gasteiger partial charge in [-0.15, -0.1) is 0 Å². The van der Waals surface area contributed by atoms with E-state index in [0.717, 1.165) is 0 Å². The van der Waals surface area contributed by atoms with Crippen molar-refractivity contribution < 1.29 is 0 Å². The van der Waals surface area contributed by atoms with Gasteiger partial charge < -0.3 is 4.98 Å². The molecule has 0 radical (unpaired) electrons. The second kappa shape index (κ2) is 2.63. The number of halogens is 1. The van der Waals surface area contributed by atoms with Crippen LogP contribution in [0.2, 0.25) is 0 Å². The minimum Gasteiger partial charge on any atom is -0.310 e. The fraction of sp³-hybridized carbons (Fsp3) is 0.167.